The number of anilines is 2. The maximum Gasteiger partial charge on any atom is 0.261 e. The van der Waals surface area contributed by atoms with Gasteiger partial charge in [-0.1, -0.05) is 24.3 Å². The Balaban J connectivity index is 1.31. The number of nitrogens with one attached hydrogen (secondary N) is 1. The van der Waals surface area contributed by atoms with Crippen molar-refractivity contribution in [3.63, 3.8) is 0 Å². The van der Waals surface area contributed by atoms with E-state index in [1.807, 2.05) is 34.5 Å². The number of nitrogen functional groups attached to an aromatic ring is 1. The summed E-state index contributed by atoms with van der Waals surface area (Å²) in [6.45, 7) is 1.92. The molecule has 3 aromatic heterocycles. The number of rotatable bonds is 6. The van der Waals surface area contributed by atoms with Gasteiger partial charge in [0.25, 0.3) is 5.91 Å². The first-order valence-electron chi connectivity index (χ1n) is 12.9. The van der Waals surface area contributed by atoms with Crippen molar-refractivity contribution in [2.24, 2.45) is 13.0 Å². The molecular weight excluding hydrogens is 511 g/mol. The Labute approximate surface area is 229 Å². The zero-order chi connectivity index (χ0) is 27.8. The maximum atomic E-state index is 13.6. The number of nitrogens with zero attached hydrogens (tertiary/aromatic N) is 4. The normalized spacial score (nSPS) is 15.0. The number of benzene rings is 2. The van der Waals surface area contributed by atoms with Crippen molar-refractivity contribution in [3.05, 3.63) is 95.1 Å². The highest BCUT2D eigenvalue weighted by Crippen LogP contribution is 2.32. The number of hydrogen-bond acceptors (Lipinski definition) is 6. The molecular formula is C30H27FN6O3. The number of fused-ring (bicyclic) bond motifs is 1. The highest BCUT2D eigenvalue weighted by Gasteiger charge is 2.21. The maximum absolute atomic E-state index is 13.6. The van der Waals surface area contributed by atoms with Crippen molar-refractivity contribution in [2.75, 3.05) is 24.3 Å². The summed E-state index contributed by atoms with van der Waals surface area (Å²) >= 11 is 0. The molecule has 4 heterocycles. The fourth-order valence-electron chi connectivity index (χ4n) is 5.14. The molecule has 1 aliphatic heterocycles. The lowest BCUT2D eigenvalue weighted by Gasteiger charge is -2.15. The van der Waals surface area contributed by atoms with E-state index in [0.717, 1.165) is 28.6 Å². The molecule has 1 atom stereocenters. The summed E-state index contributed by atoms with van der Waals surface area (Å²) in [5.74, 6) is -0.260. The van der Waals surface area contributed by atoms with Crippen LogP contribution >= 0.6 is 0 Å². The number of aryl methyl sites for hydroxylation is 1. The van der Waals surface area contributed by atoms with Gasteiger partial charge >= 0.3 is 0 Å². The van der Waals surface area contributed by atoms with Gasteiger partial charge in [-0.05, 0) is 41.8 Å². The molecule has 1 fully saturated rings. The first-order valence-corrected chi connectivity index (χ1v) is 12.9. The van der Waals surface area contributed by atoms with E-state index in [1.54, 1.807) is 36.7 Å². The monoisotopic (exact) mass is 538 g/mol. The van der Waals surface area contributed by atoms with Crippen LogP contribution in [0.2, 0.25) is 0 Å². The lowest BCUT2D eigenvalue weighted by Crippen LogP contribution is -2.25. The Hall–Kier alpha value is -4.83. The number of ether oxygens (including phenoxy) is 1. The van der Waals surface area contributed by atoms with E-state index in [1.165, 1.54) is 18.5 Å². The molecule has 2 aromatic carbocycles. The third-order valence-electron chi connectivity index (χ3n) is 7.21. The summed E-state index contributed by atoms with van der Waals surface area (Å²) in [7, 11) is 1.89. The molecule has 0 saturated carbocycles. The van der Waals surface area contributed by atoms with Gasteiger partial charge in [0.15, 0.2) is 0 Å². The van der Waals surface area contributed by atoms with E-state index >= 15 is 0 Å². The summed E-state index contributed by atoms with van der Waals surface area (Å²) in [6, 6.07) is 13.0. The molecule has 6 rings (SSSR count). The molecule has 1 aliphatic rings. The van der Waals surface area contributed by atoms with Crippen LogP contribution in [0.4, 0.5) is 15.9 Å². The number of pyridine rings is 1. The van der Waals surface area contributed by atoms with Gasteiger partial charge in [0, 0.05) is 61.5 Å². The summed E-state index contributed by atoms with van der Waals surface area (Å²) < 4.78 is 22.8. The predicted molar refractivity (Wildman–Crippen MR) is 151 cm³/mol. The standard InChI is InChI=1S/C30H27FN6O3/c1-36-13-23(26-28(32)33-17-34-29(26)36)19-4-8-22(9-5-19)35-30(39)25-15-37(12-18-10-11-40-16-18)14-24(27(25)38)20-2-6-21(31)7-3-20/h2-9,13-15,17-18H,10-12,16H2,1H3,(H,35,39)(H2,32,33,34). The second-order valence-corrected chi connectivity index (χ2v) is 9.99. The molecule has 1 unspecified atom stereocenters. The van der Waals surface area contributed by atoms with Crippen LogP contribution in [0, 0.1) is 11.7 Å². The Morgan fingerprint density at radius 2 is 1.77 bits per heavy atom. The SMILES string of the molecule is Cn1cc(-c2ccc(NC(=O)c3cn(CC4CCOC4)cc(-c4ccc(F)cc4)c3=O)cc2)c2c(N)ncnc21. The Bertz CT molecular complexity index is 1770. The van der Waals surface area contributed by atoms with E-state index in [2.05, 4.69) is 15.3 Å². The fourth-order valence-corrected chi connectivity index (χ4v) is 5.14. The molecule has 40 heavy (non-hydrogen) atoms. The van der Waals surface area contributed by atoms with Crippen LogP contribution in [0.15, 0.2) is 78.2 Å². The summed E-state index contributed by atoms with van der Waals surface area (Å²) in [6.07, 6.45) is 7.57. The minimum absolute atomic E-state index is 0.00351. The first kappa shape index (κ1) is 25.4. The Morgan fingerprint density at radius 1 is 1.05 bits per heavy atom. The van der Waals surface area contributed by atoms with Crippen molar-refractivity contribution in [3.8, 4) is 22.3 Å². The van der Waals surface area contributed by atoms with Gasteiger partial charge in [0.2, 0.25) is 5.43 Å². The number of halogens is 1. The Morgan fingerprint density at radius 3 is 2.50 bits per heavy atom. The second-order valence-electron chi connectivity index (χ2n) is 9.99. The van der Waals surface area contributed by atoms with Crippen molar-refractivity contribution in [2.45, 2.75) is 13.0 Å². The van der Waals surface area contributed by atoms with E-state index in [-0.39, 0.29) is 11.5 Å². The Kier molecular flexibility index (Phi) is 6.61. The molecule has 0 spiro atoms. The first-order chi connectivity index (χ1) is 19.4. The largest absolute Gasteiger partial charge is 0.383 e. The number of carbonyl (C=O) groups is 1. The molecule has 9 nitrogen and oxygen atoms in total. The van der Waals surface area contributed by atoms with Crippen LogP contribution in [0.1, 0.15) is 16.8 Å². The molecule has 0 radical (unpaired) electrons. The predicted octanol–water partition coefficient (Wildman–Crippen LogP) is 4.47. The fraction of sp³-hybridized carbons (Fsp3) is 0.200. The smallest absolute Gasteiger partial charge is 0.261 e. The highest BCUT2D eigenvalue weighted by molar-refractivity contribution is 6.05. The third-order valence-corrected chi connectivity index (χ3v) is 7.21. The average Bonchev–Trinajstić information content (AvgIpc) is 3.59. The number of carbonyl (C=O) groups excluding carboxylic acids is 1. The van der Waals surface area contributed by atoms with Crippen LogP contribution in [-0.2, 0) is 18.3 Å². The molecule has 1 saturated heterocycles. The minimum Gasteiger partial charge on any atom is -0.383 e. The lowest BCUT2D eigenvalue weighted by molar-refractivity contribution is 0.102. The van der Waals surface area contributed by atoms with Gasteiger partial charge in [-0.2, -0.15) is 0 Å². The van der Waals surface area contributed by atoms with Crippen LogP contribution in [0.25, 0.3) is 33.3 Å². The van der Waals surface area contributed by atoms with Crippen molar-refractivity contribution in [1.82, 2.24) is 19.1 Å². The van der Waals surface area contributed by atoms with E-state index in [4.69, 9.17) is 10.5 Å². The average molecular weight is 539 g/mol. The van der Waals surface area contributed by atoms with Crippen LogP contribution in [-0.4, -0.2) is 38.2 Å². The van der Waals surface area contributed by atoms with Gasteiger partial charge in [-0.15, -0.1) is 0 Å². The van der Waals surface area contributed by atoms with Crippen molar-refractivity contribution < 1.29 is 13.9 Å². The molecule has 10 heteroatoms. The van der Waals surface area contributed by atoms with Crippen LogP contribution in [0.5, 0.6) is 0 Å². The van der Waals surface area contributed by atoms with E-state index in [0.29, 0.717) is 42.4 Å². The molecule has 0 bridgehead atoms. The zero-order valence-electron chi connectivity index (χ0n) is 21.8. The number of hydrogen-bond donors (Lipinski definition) is 2. The minimum atomic E-state index is -0.527. The van der Waals surface area contributed by atoms with Gasteiger partial charge in [-0.25, -0.2) is 14.4 Å². The molecule has 0 aliphatic carbocycles. The zero-order valence-corrected chi connectivity index (χ0v) is 21.8. The quantitative estimate of drug-likeness (QED) is 0.329. The van der Waals surface area contributed by atoms with Gasteiger partial charge in [0.05, 0.1) is 12.0 Å². The molecule has 5 aromatic rings. The second kappa shape index (κ2) is 10.4. The summed E-state index contributed by atoms with van der Waals surface area (Å²) in [4.78, 5) is 35.3. The molecule has 1 amide bonds. The summed E-state index contributed by atoms with van der Waals surface area (Å²) in [5.41, 5.74) is 9.59. The van der Waals surface area contributed by atoms with E-state index < -0.39 is 17.2 Å². The summed E-state index contributed by atoms with van der Waals surface area (Å²) in [5, 5.41) is 3.61. The van der Waals surface area contributed by atoms with Gasteiger partial charge in [0.1, 0.15) is 29.2 Å². The topological polar surface area (TPSA) is 117 Å². The van der Waals surface area contributed by atoms with Crippen LogP contribution in [0.3, 0.4) is 0 Å². The third kappa shape index (κ3) is 4.85. The molecule has 3 N–H and O–H groups in total. The van der Waals surface area contributed by atoms with Gasteiger partial charge < -0.3 is 24.9 Å². The highest BCUT2D eigenvalue weighted by atomic mass is 19.1. The van der Waals surface area contributed by atoms with Crippen LogP contribution < -0.4 is 16.5 Å². The number of aromatic nitrogens is 4. The number of nitrogens with two attached hydrogens (primary N) is 1. The van der Waals surface area contributed by atoms with E-state index in [9.17, 15) is 14.0 Å². The molecule has 202 valence electrons. The van der Waals surface area contributed by atoms with Crippen molar-refractivity contribution >= 4 is 28.4 Å². The van der Waals surface area contributed by atoms with Gasteiger partial charge in [-0.3, -0.25) is 9.59 Å². The van der Waals surface area contributed by atoms with Crippen molar-refractivity contribution in [1.29, 1.82) is 0 Å². The number of amides is 1. The lowest BCUT2D eigenvalue weighted by atomic mass is 10.0.